The topological polar surface area (TPSA) is 64.1 Å². The van der Waals surface area contributed by atoms with E-state index >= 15 is 0 Å². The number of nitrogens with zero attached hydrogens (tertiary/aromatic N) is 2. The maximum atomic E-state index is 12.7. The van der Waals surface area contributed by atoms with Crippen molar-refractivity contribution < 1.29 is 9.53 Å². The van der Waals surface area contributed by atoms with E-state index in [1.807, 2.05) is 31.2 Å². The van der Waals surface area contributed by atoms with Gasteiger partial charge in [-0.05, 0) is 62.4 Å². The summed E-state index contributed by atoms with van der Waals surface area (Å²) in [5.41, 5.74) is 1.80. The summed E-state index contributed by atoms with van der Waals surface area (Å²) in [4.78, 5) is 22.9. The number of aromatic nitrogens is 2. The lowest BCUT2D eigenvalue weighted by Crippen LogP contribution is -2.20. The van der Waals surface area contributed by atoms with E-state index in [9.17, 15) is 4.79 Å². The van der Waals surface area contributed by atoms with Gasteiger partial charge in [0.2, 0.25) is 0 Å². The van der Waals surface area contributed by atoms with Gasteiger partial charge in [0, 0.05) is 10.2 Å². The van der Waals surface area contributed by atoms with Gasteiger partial charge in [-0.15, -0.1) is 11.3 Å². The normalized spacial score (nSPS) is 15.0. The Morgan fingerprint density at radius 1 is 1.19 bits per heavy atom. The van der Waals surface area contributed by atoms with Crippen molar-refractivity contribution in [2.24, 2.45) is 0 Å². The Bertz CT molecular complexity index is 965. The van der Waals surface area contributed by atoms with Crippen molar-refractivity contribution in [2.45, 2.75) is 45.1 Å². The van der Waals surface area contributed by atoms with Crippen LogP contribution in [0.2, 0.25) is 0 Å². The number of thiophene rings is 1. The molecule has 1 saturated carbocycles. The summed E-state index contributed by atoms with van der Waals surface area (Å²) < 4.78 is 6.77. The number of esters is 1. The maximum absolute atomic E-state index is 12.7. The molecule has 5 nitrogen and oxygen atoms in total. The van der Waals surface area contributed by atoms with Gasteiger partial charge in [-0.3, -0.25) is 0 Å². The smallest absolute Gasteiger partial charge is 0.348 e. The van der Waals surface area contributed by atoms with Crippen LogP contribution < -0.4 is 5.32 Å². The fraction of sp³-hybridized carbons (Fsp3) is 0.350. The number of ether oxygens (including phenoxy) is 1. The second kappa shape index (κ2) is 7.94. The fourth-order valence-corrected chi connectivity index (χ4v) is 4.71. The lowest BCUT2D eigenvalue weighted by Gasteiger charge is -2.21. The van der Waals surface area contributed by atoms with Crippen molar-refractivity contribution in [2.75, 3.05) is 5.32 Å². The quantitative estimate of drug-likeness (QED) is 0.499. The molecule has 1 aliphatic carbocycles. The molecule has 0 atom stereocenters. The second-order valence-corrected chi connectivity index (χ2v) is 8.67. The largest absolute Gasteiger partial charge is 0.458 e. The summed E-state index contributed by atoms with van der Waals surface area (Å²) >= 11 is 4.81. The lowest BCUT2D eigenvalue weighted by molar-refractivity contribution is 0.0216. The minimum absolute atomic E-state index is 0.0438. The van der Waals surface area contributed by atoms with Crippen molar-refractivity contribution in [1.82, 2.24) is 9.97 Å². The molecular weight excluding hydrogens is 426 g/mol. The van der Waals surface area contributed by atoms with Gasteiger partial charge in [0.1, 0.15) is 28.0 Å². The summed E-state index contributed by atoms with van der Waals surface area (Å²) in [6.07, 6.45) is 7.00. The average Bonchev–Trinajstić information content (AvgIpc) is 3.02. The molecule has 1 N–H and O–H groups in total. The number of rotatable bonds is 4. The average molecular weight is 446 g/mol. The Hall–Kier alpha value is -1.99. The minimum atomic E-state index is -0.239. The number of nitrogens with one attached hydrogen (secondary N) is 1. The van der Waals surface area contributed by atoms with Gasteiger partial charge in [0.25, 0.3) is 0 Å². The molecule has 2 heterocycles. The summed E-state index contributed by atoms with van der Waals surface area (Å²) in [5, 5.41) is 4.21. The van der Waals surface area contributed by atoms with Crippen LogP contribution in [0.1, 0.15) is 47.3 Å². The predicted octanol–water partition coefficient (Wildman–Crippen LogP) is 6.00. The molecule has 0 unspecified atom stereocenters. The van der Waals surface area contributed by atoms with Crippen LogP contribution in [0.5, 0.6) is 0 Å². The zero-order valence-corrected chi connectivity index (χ0v) is 17.4. The number of anilines is 2. The molecule has 7 heteroatoms. The summed E-state index contributed by atoms with van der Waals surface area (Å²) in [5.74, 6) is 0.463. The Morgan fingerprint density at radius 2 is 1.93 bits per heavy atom. The van der Waals surface area contributed by atoms with Gasteiger partial charge in [0.05, 0.1) is 5.39 Å². The van der Waals surface area contributed by atoms with Crippen molar-refractivity contribution >= 4 is 55.0 Å². The van der Waals surface area contributed by atoms with Gasteiger partial charge >= 0.3 is 5.97 Å². The number of carbonyl (C=O) groups is 1. The van der Waals surface area contributed by atoms with Crippen LogP contribution in [0.25, 0.3) is 10.2 Å². The van der Waals surface area contributed by atoms with E-state index in [1.165, 1.54) is 24.1 Å². The minimum Gasteiger partial charge on any atom is -0.458 e. The number of fused-ring (bicyclic) bond motifs is 1. The fourth-order valence-electron chi connectivity index (χ4n) is 3.42. The summed E-state index contributed by atoms with van der Waals surface area (Å²) in [6.45, 7) is 1.94. The standard InChI is InChI=1S/C20H20BrN3O2S/c1-12-16-18(24-14-9-7-13(21)8-10-14)22-11-23-19(16)27-17(12)20(25)26-15-5-3-2-4-6-15/h7-11,15H,2-6H2,1H3,(H,22,23,24). The highest BCUT2D eigenvalue weighted by atomic mass is 79.9. The van der Waals surface area contributed by atoms with E-state index in [4.69, 9.17) is 4.74 Å². The van der Waals surface area contributed by atoms with E-state index < -0.39 is 0 Å². The molecular formula is C20H20BrN3O2S. The highest BCUT2D eigenvalue weighted by molar-refractivity contribution is 9.10. The van der Waals surface area contributed by atoms with Crippen molar-refractivity contribution in [3.8, 4) is 0 Å². The van der Waals surface area contributed by atoms with Crippen molar-refractivity contribution in [3.63, 3.8) is 0 Å². The SMILES string of the molecule is Cc1c(C(=O)OC2CCCCC2)sc2ncnc(Nc3ccc(Br)cc3)c12. The van der Waals surface area contributed by atoms with Crippen LogP contribution in [0.15, 0.2) is 35.1 Å². The molecule has 27 heavy (non-hydrogen) atoms. The van der Waals surface area contributed by atoms with Crippen LogP contribution in [-0.2, 0) is 4.74 Å². The van der Waals surface area contributed by atoms with E-state index in [0.717, 1.165) is 51.6 Å². The van der Waals surface area contributed by atoms with Gasteiger partial charge < -0.3 is 10.1 Å². The molecule has 0 bridgehead atoms. The molecule has 0 aliphatic heterocycles. The molecule has 140 valence electrons. The zero-order chi connectivity index (χ0) is 18.8. The Kier molecular flexibility index (Phi) is 5.41. The first-order valence-electron chi connectivity index (χ1n) is 9.09. The number of hydrogen-bond acceptors (Lipinski definition) is 6. The number of halogens is 1. The molecule has 0 amide bonds. The first kappa shape index (κ1) is 18.4. The molecule has 0 saturated heterocycles. The van der Waals surface area contributed by atoms with E-state index in [2.05, 4.69) is 31.2 Å². The van der Waals surface area contributed by atoms with Gasteiger partial charge in [-0.2, -0.15) is 0 Å². The van der Waals surface area contributed by atoms with Gasteiger partial charge in [-0.25, -0.2) is 14.8 Å². The number of aryl methyl sites for hydroxylation is 1. The van der Waals surface area contributed by atoms with E-state index in [-0.39, 0.29) is 12.1 Å². The Balaban J connectivity index is 1.63. The molecule has 1 aromatic carbocycles. The van der Waals surface area contributed by atoms with Crippen LogP contribution in [0.3, 0.4) is 0 Å². The van der Waals surface area contributed by atoms with Crippen molar-refractivity contribution in [1.29, 1.82) is 0 Å². The maximum Gasteiger partial charge on any atom is 0.348 e. The summed E-state index contributed by atoms with van der Waals surface area (Å²) in [6, 6.07) is 7.87. The number of benzene rings is 1. The van der Waals surface area contributed by atoms with Crippen molar-refractivity contribution in [3.05, 3.63) is 45.5 Å². The zero-order valence-electron chi connectivity index (χ0n) is 15.0. The third kappa shape index (κ3) is 3.99. The third-order valence-corrected chi connectivity index (χ3v) is 6.55. The Labute approximate surface area is 170 Å². The molecule has 4 rings (SSSR count). The van der Waals surface area contributed by atoms with E-state index in [1.54, 1.807) is 0 Å². The monoisotopic (exact) mass is 445 g/mol. The number of hydrogen-bond donors (Lipinski definition) is 1. The molecule has 0 spiro atoms. The van der Waals surface area contributed by atoms with Crippen LogP contribution in [-0.4, -0.2) is 22.0 Å². The first-order valence-corrected chi connectivity index (χ1v) is 10.7. The van der Waals surface area contributed by atoms with Gasteiger partial charge in [-0.1, -0.05) is 22.4 Å². The first-order chi connectivity index (χ1) is 13.1. The van der Waals surface area contributed by atoms with Gasteiger partial charge in [0.15, 0.2) is 0 Å². The third-order valence-electron chi connectivity index (χ3n) is 4.85. The predicted molar refractivity (Wildman–Crippen MR) is 112 cm³/mol. The number of carbonyl (C=O) groups excluding carboxylic acids is 1. The highest BCUT2D eigenvalue weighted by Gasteiger charge is 2.24. The van der Waals surface area contributed by atoms with E-state index in [0.29, 0.717) is 10.7 Å². The molecule has 1 fully saturated rings. The Morgan fingerprint density at radius 3 is 2.67 bits per heavy atom. The molecule has 3 aromatic rings. The van der Waals surface area contributed by atoms with Crippen LogP contribution in [0, 0.1) is 6.92 Å². The van der Waals surface area contributed by atoms with Crippen LogP contribution >= 0.6 is 27.3 Å². The highest BCUT2D eigenvalue weighted by Crippen LogP contribution is 2.35. The van der Waals surface area contributed by atoms with Crippen LogP contribution in [0.4, 0.5) is 11.5 Å². The molecule has 0 radical (unpaired) electrons. The second-order valence-electron chi connectivity index (χ2n) is 6.76. The lowest BCUT2D eigenvalue weighted by atomic mass is 9.98. The molecule has 1 aliphatic rings. The summed E-state index contributed by atoms with van der Waals surface area (Å²) in [7, 11) is 0. The molecule has 2 aromatic heterocycles.